The predicted molar refractivity (Wildman–Crippen MR) is 63.0 cm³/mol. The minimum atomic E-state index is -1.58. The van der Waals surface area contributed by atoms with Gasteiger partial charge in [-0.2, -0.15) is 4.39 Å². The van der Waals surface area contributed by atoms with Gasteiger partial charge in [-0.25, -0.2) is 0 Å². The van der Waals surface area contributed by atoms with Crippen LogP contribution in [-0.4, -0.2) is 22.5 Å². The van der Waals surface area contributed by atoms with Crippen molar-refractivity contribution in [3.8, 4) is 0 Å². The van der Waals surface area contributed by atoms with Crippen molar-refractivity contribution in [2.45, 2.75) is 39.5 Å². The molecule has 0 aromatic heterocycles. The highest BCUT2D eigenvalue weighted by Crippen LogP contribution is 2.08. The maximum absolute atomic E-state index is 13.1. The molecule has 5 heteroatoms. The van der Waals surface area contributed by atoms with Crippen molar-refractivity contribution in [2.75, 3.05) is 12.4 Å². The Morgan fingerprint density at radius 2 is 2.06 bits per heavy atom. The van der Waals surface area contributed by atoms with Crippen molar-refractivity contribution in [3.63, 3.8) is 0 Å². The Morgan fingerprint density at radius 3 is 2.62 bits per heavy atom. The summed E-state index contributed by atoms with van der Waals surface area (Å²) in [4.78, 5) is 10.4. The average molecular weight is 250 g/mol. The predicted octanol–water partition coefficient (Wildman–Crippen LogP) is 2.69. The zero-order valence-corrected chi connectivity index (χ0v) is 10.6. The number of ether oxygens (including phenoxy) is 1. The maximum atomic E-state index is 13.1. The van der Waals surface area contributed by atoms with E-state index in [1.165, 1.54) is 6.92 Å². The van der Waals surface area contributed by atoms with Crippen LogP contribution in [0.1, 0.15) is 39.5 Å². The lowest BCUT2D eigenvalue weighted by atomic mass is 10.2. The molecule has 1 atom stereocenters. The van der Waals surface area contributed by atoms with Crippen LogP contribution in [0.2, 0.25) is 0 Å². The molecule has 0 bridgehead atoms. The summed E-state index contributed by atoms with van der Waals surface area (Å²) in [6, 6.07) is 0. The van der Waals surface area contributed by atoms with E-state index in [4.69, 9.17) is 0 Å². The Labute approximate surface area is 98.5 Å². The van der Waals surface area contributed by atoms with Crippen molar-refractivity contribution in [1.82, 2.24) is 0 Å². The summed E-state index contributed by atoms with van der Waals surface area (Å²) < 4.78 is 29.0. The highest BCUT2D eigenvalue weighted by atomic mass is 32.2. The molecule has 0 radical (unpaired) electrons. The third-order valence-electron chi connectivity index (χ3n) is 1.93. The fourth-order valence-corrected chi connectivity index (χ4v) is 1.99. The Hall–Kier alpha value is -0.710. The van der Waals surface area contributed by atoms with Crippen LogP contribution >= 0.6 is 0 Å². The highest BCUT2D eigenvalue weighted by molar-refractivity contribution is 7.88. The molecule has 0 saturated carbocycles. The van der Waals surface area contributed by atoms with E-state index in [-0.39, 0.29) is 6.61 Å². The summed E-state index contributed by atoms with van der Waals surface area (Å²) in [5, 5.41) is -0.697. The van der Waals surface area contributed by atoms with Crippen molar-refractivity contribution in [3.05, 3.63) is 11.2 Å². The van der Waals surface area contributed by atoms with Crippen LogP contribution in [0.5, 0.6) is 0 Å². The van der Waals surface area contributed by atoms with E-state index in [0.29, 0.717) is 5.75 Å². The molecular formula is C11H19FO3S. The molecule has 0 spiro atoms. The monoisotopic (exact) mass is 250 g/mol. The SMILES string of the molecule is CCCCCCS(=O)/C(F)=C/COC(C)=O. The van der Waals surface area contributed by atoms with Gasteiger partial charge in [0.25, 0.3) is 0 Å². The largest absolute Gasteiger partial charge is 0.462 e. The third kappa shape index (κ3) is 8.59. The van der Waals surface area contributed by atoms with Crippen LogP contribution in [-0.2, 0) is 20.3 Å². The first-order chi connectivity index (χ1) is 7.57. The molecule has 16 heavy (non-hydrogen) atoms. The molecule has 3 nitrogen and oxygen atoms in total. The standard InChI is InChI=1S/C11H19FO3S/c1-3-4-5-6-9-16(14)11(12)7-8-15-10(2)13/h7H,3-6,8-9H2,1-2H3/b11-7+. The van der Waals surface area contributed by atoms with E-state index in [1.54, 1.807) is 0 Å². The molecule has 0 N–H and O–H groups in total. The van der Waals surface area contributed by atoms with Gasteiger partial charge < -0.3 is 4.74 Å². The van der Waals surface area contributed by atoms with Crippen LogP contribution in [0.4, 0.5) is 4.39 Å². The summed E-state index contributed by atoms with van der Waals surface area (Å²) >= 11 is 0. The molecular weight excluding hydrogens is 231 g/mol. The first kappa shape index (κ1) is 15.3. The third-order valence-corrected chi connectivity index (χ3v) is 3.19. The lowest BCUT2D eigenvalue weighted by molar-refractivity contribution is -0.139. The van der Waals surface area contributed by atoms with Gasteiger partial charge in [0.1, 0.15) is 6.61 Å². The van der Waals surface area contributed by atoms with Crippen molar-refractivity contribution in [2.24, 2.45) is 0 Å². The first-order valence-electron chi connectivity index (χ1n) is 5.45. The summed E-state index contributed by atoms with van der Waals surface area (Å²) in [5.74, 6) is -0.139. The number of unbranched alkanes of at least 4 members (excludes halogenated alkanes) is 3. The van der Waals surface area contributed by atoms with Crippen molar-refractivity contribution < 1.29 is 18.1 Å². The van der Waals surface area contributed by atoms with Gasteiger partial charge in [-0.05, 0) is 12.5 Å². The smallest absolute Gasteiger partial charge is 0.302 e. The molecule has 1 unspecified atom stereocenters. The van der Waals surface area contributed by atoms with E-state index in [9.17, 15) is 13.4 Å². The number of hydrogen-bond acceptors (Lipinski definition) is 3. The first-order valence-corrected chi connectivity index (χ1v) is 6.77. The average Bonchev–Trinajstić information content (AvgIpc) is 2.23. The lowest BCUT2D eigenvalue weighted by Crippen LogP contribution is -2.02. The topological polar surface area (TPSA) is 43.4 Å². The second-order valence-electron chi connectivity index (χ2n) is 3.42. The highest BCUT2D eigenvalue weighted by Gasteiger charge is 2.06. The van der Waals surface area contributed by atoms with E-state index < -0.39 is 21.9 Å². The molecule has 94 valence electrons. The molecule has 0 rings (SSSR count). The zero-order chi connectivity index (χ0) is 12.4. The van der Waals surface area contributed by atoms with Gasteiger partial charge in [-0.1, -0.05) is 26.2 Å². The second kappa shape index (κ2) is 9.51. The Balaban J connectivity index is 3.75. The van der Waals surface area contributed by atoms with Crippen LogP contribution < -0.4 is 0 Å². The maximum Gasteiger partial charge on any atom is 0.302 e. The van der Waals surface area contributed by atoms with E-state index in [2.05, 4.69) is 11.7 Å². The number of carbonyl (C=O) groups is 1. The fourth-order valence-electron chi connectivity index (χ4n) is 1.07. The zero-order valence-electron chi connectivity index (χ0n) is 9.83. The molecule has 0 saturated heterocycles. The number of carbonyl (C=O) groups excluding carboxylic acids is 1. The van der Waals surface area contributed by atoms with E-state index in [1.807, 2.05) is 0 Å². The molecule has 0 aliphatic carbocycles. The molecule has 0 amide bonds. The molecule has 0 aliphatic heterocycles. The number of esters is 1. The molecule has 0 aromatic rings. The van der Waals surface area contributed by atoms with Gasteiger partial charge in [-0.15, -0.1) is 0 Å². The van der Waals surface area contributed by atoms with Crippen molar-refractivity contribution in [1.29, 1.82) is 0 Å². The molecule has 0 aromatic carbocycles. The van der Waals surface area contributed by atoms with Gasteiger partial charge in [0.2, 0.25) is 0 Å². The Kier molecular flexibility index (Phi) is 9.09. The second-order valence-corrected chi connectivity index (χ2v) is 4.91. The van der Waals surface area contributed by atoms with E-state index in [0.717, 1.165) is 31.8 Å². The van der Waals surface area contributed by atoms with Crippen LogP contribution in [0.3, 0.4) is 0 Å². The number of rotatable bonds is 8. The van der Waals surface area contributed by atoms with E-state index >= 15 is 0 Å². The minimum absolute atomic E-state index is 0.151. The Morgan fingerprint density at radius 1 is 1.38 bits per heavy atom. The van der Waals surface area contributed by atoms with Crippen LogP contribution in [0.15, 0.2) is 11.2 Å². The fraction of sp³-hybridized carbons (Fsp3) is 0.727. The number of hydrogen-bond donors (Lipinski definition) is 0. The van der Waals surface area contributed by atoms with Crippen LogP contribution in [0, 0.1) is 0 Å². The quantitative estimate of drug-likeness (QED) is 0.491. The minimum Gasteiger partial charge on any atom is -0.462 e. The summed E-state index contributed by atoms with van der Waals surface area (Å²) in [6.45, 7) is 3.17. The summed E-state index contributed by atoms with van der Waals surface area (Å²) in [5.41, 5.74) is 0. The van der Waals surface area contributed by atoms with Crippen molar-refractivity contribution >= 4 is 16.8 Å². The Bertz CT molecular complexity index is 264. The summed E-state index contributed by atoms with van der Waals surface area (Å²) in [6.07, 6.45) is 4.96. The van der Waals surface area contributed by atoms with Gasteiger partial charge in [0, 0.05) is 12.7 Å². The van der Waals surface area contributed by atoms with Gasteiger partial charge in [0.15, 0.2) is 5.16 Å². The van der Waals surface area contributed by atoms with Crippen LogP contribution in [0.25, 0.3) is 0 Å². The normalized spacial score (nSPS) is 13.6. The number of halogens is 1. The molecule has 0 heterocycles. The lowest BCUT2D eigenvalue weighted by Gasteiger charge is -2.00. The van der Waals surface area contributed by atoms with Gasteiger partial charge in [-0.3, -0.25) is 9.00 Å². The molecule has 0 fully saturated rings. The molecule has 0 aliphatic rings. The van der Waals surface area contributed by atoms with Gasteiger partial charge in [0.05, 0.1) is 10.8 Å². The summed E-state index contributed by atoms with van der Waals surface area (Å²) in [7, 11) is -1.58. The van der Waals surface area contributed by atoms with Gasteiger partial charge >= 0.3 is 5.97 Å².